The van der Waals surface area contributed by atoms with Gasteiger partial charge in [0, 0.05) is 25.0 Å². The first-order valence-electron chi connectivity index (χ1n) is 7.30. The number of nitrogens with zero attached hydrogens (tertiary/aromatic N) is 2. The van der Waals surface area contributed by atoms with Gasteiger partial charge in [-0.3, -0.25) is 0 Å². The van der Waals surface area contributed by atoms with Gasteiger partial charge < -0.3 is 20.1 Å². The fourth-order valence-corrected chi connectivity index (χ4v) is 3.04. The van der Waals surface area contributed by atoms with E-state index in [0.29, 0.717) is 13.1 Å². The first kappa shape index (κ1) is 16.6. The minimum atomic E-state index is -0.138. The Labute approximate surface area is 135 Å². The summed E-state index contributed by atoms with van der Waals surface area (Å²) in [6.07, 6.45) is 0. The number of amides is 2. The van der Waals surface area contributed by atoms with E-state index >= 15 is 0 Å². The fourth-order valence-electron chi connectivity index (χ4n) is 2.33. The molecule has 0 saturated carbocycles. The highest BCUT2D eigenvalue weighted by molar-refractivity contribution is 7.07. The number of aryl methyl sites for hydroxylation is 1. The maximum Gasteiger partial charge on any atom is 0.315 e. The Hall–Kier alpha value is -1.79. The van der Waals surface area contributed by atoms with Gasteiger partial charge in [-0.25, -0.2) is 4.79 Å². The predicted molar refractivity (Wildman–Crippen MR) is 91.1 cm³/mol. The highest BCUT2D eigenvalue weighted by atomic mass is 32.1. The highest BCUT2D eigenvalue weighted by Gasteiger charge is 2.15. The van der Waals surface area contributed by atoms with Crippen molar-refractivity contribution in [2.45, 2.75) is 19.5 Å². The number of thiophene rings is 1. The average molecular weight is 320 g/mol. The van der Waals surface area contributed by atoms with Crippen molar-refractivity contribution < 1.29 is 4.79 Å². The summed E-state index contributed by atoms with van der Waals surface area (Å²) in [4.78, 5) is 14.1. The van der Waals surface area contributed by atoms with Crippen molar-refractivity contribution in [3.05, 3.63) is 45.9 Å². The molecule has 0 radical (unpaired) electrons. The third-order valence-corrected chi connectivity index (χ3v) is 4.62. The summed E-state index contributed by atoms with van der Waals surface area (Å²) >= 11 is 1.67. The normalized spacial score (nSPS) is 12.4. The molecule has 1 atom stereocenters. The number of hydrogen-bond acceptors (Lipinski definition) is 3. The van der Waals surface area contributed by atoms with Crippen LogP contribution >= 0.6 is 11.3 Å². The number of nitrogens with one attached hydrogen (secondary N) is 2. The molecule has 120 valence electrons. The van der Waals surface area contributed by atoms with Crippen molar-refractivity contribution in [3.8, 4) is 0 Å². The molecule has 2 aromatic rings. The van der Waals surface area contributed by atoms with E-state index in [-0.39, 0.29) is 12.1 Å². The molecular weight excluding hydrogens is 296 g/mol. The van der Waals surface area contributed by atoms with Gasteiger partial charge in [0.2, 0.25) is 0 Å². The number of rotatable bonds is 6. The zero-order valence-corrected chi connectivity index (χ0v) is 14.4. The smallest absolute Gasteiger partial charge is 0.315 e. The molecule has 0 saturated heterocycles. The van der Waals surface area contributed by atoms with Gasteiger partial charge in [-0.15, -0.1) is 0 Å². The summed E-state index contributed by atoms with van der Waals surface area (Å²) in [5.41, 5.74) is 3.50. The molecule has 1 unspecified atom stereocenters. The molecular formula is C16H24N4OS. The molecule has 2 heterocycles. The molecule has 5 nitrogen and oxygen atoms in total. The first-order chi connectivity index (χ1) is 10.5. The van der Waals surface area contributed by atoms with E-state index in [4.69, 9.17) is 0 Å². The second kappa shape index (κ2) is 7.47. The van der Waals surface area contributed by atoms with E-state index in [9.17, 15) is 4.79 Å². The van der Waals surface area contributed by atoms with Crippen LogP contribution in [0.4, 0.5) is 4.79 Å². The van der Waals surface area contributed by atoms with E-state index in [0.717, 1.165) is 5.69 Å². The summed E-state index contributed by atoms with van der Waals surface area (Å²) in [7, 11) is 6.05. The zero-order valence-electron chi connectivity index (χ0n) is 13.6. The van der Waals surface area contributed by atoms with Crippen molar-refractivity contribution in [2.24, 2.45) is 7.05 Å². The molecule has 2 N–H and O–H groups in total. The summed E-state index contributed by atoms with van der Waals surface area (Å²) in [6.45, 7) is 3.16. The third kappa shape index (κ3) is 4.11. The van der Waals surface area contributed by atoms with Gasteiger partial charge in [-0.05, 0) is 55.5 Å². The Morgan fingerprint density at radius 1 is 1.32 bits per heavy atom. The van der Waals surface area contributed by atoms with Crippen LogP contribution in [0.2, 0.25) is 0 Å². The number of hydrogen-bond donors (Lipinski definition) is 2. The molecule has 2 rings (SSSR count). The van der Waals surface area contributed by atoms with Crippen LogP contribution in [0.15, 0.2) is 29.0 Å². The molecule has 2 amide bonds. The Morgan fingerprint density at radius 3 is 2.64 bits per heavy atom. The van der Waals surface area contributed by atoms with Crippen molar-refractivity contribution in [1.29, 1.82) is 0 Å². The van der Waals surface area contributed by atoms with Crippen LogP contribution in [0.5, 0.6) is 0 Å². The summed E-state index contributed by atoms with van der Waals surface area (Å²) in [5.74, 6) is 0. The molecule has 6 heteroatoms. The molecule has 0 aliphatic heterocycles. The molecule has 0 fully saturated rings. The highest BCUT2D eigenvalue weighted by Crippen LogP contribution is 2.19. The summed E-state index contributed by atoms with van der Waals surface area (Å²) in [6, 6.07) is 6.23. The largest absolute Gasteiger partial charge is 0.350 e. The molecule has 0 aliphatic rings. The average Bonchev–Trinajstić information content (AvgIpc) is 3.09. The van der Waals surface area contributed by atoms with Gasteiger partial charge in [0.1, 0.15) is 0 Å². The zero-order chi connectivity index (χ0) is 16.1. The van der Waals surface area contributed by atoms with E-state index in [1.807, 2.05) is 40.2 Å². The number of aromatic nitrogens is 1. The predicted octanol–water partition coefficient (Wildman–Crippen LogP) is 2.50. The third-order valence-electron chi connectivity index (χ3n) is 3.91. The van der Waals surface area contributed by atoms with Crippen LogP contribution in [0.3, 0.4) is 0 Å². The Kier molecular flexibility index (Phi) is 5.63. The van der Waals surface area contributed by atoms with Crippen LogP contribution in [0.25, 0.3) is 0 Å². The van der Waals surface area contributed by atoms with Crippen LogP contribution < -0.4 is 10.6 Å². The maximum absolute atomic E-state index is 12.0. The topological polar surface area (TPSA) is 49.3 Å². The molecule has 0 spiro atoms. The van der Waals surface area contributed by atoms with Gasteiger partial charge in [0.05, 0.1) is 12.6 Å². The quantitative estimate of drug-likeness (QED) is 0.859. The van der Waals surface area contributed by atoms with Crippen LogP contribution in [0, 0.1) is 6.92 Å². The lowest BCUT2D eigenvalue weighted by Crippen LogP contribution is -2.40. The molecule has 22 heavy (non-hydrogen) atoms. The van der Waals surface area contributed by atoms with Crippen LogP contribution in [-0.4, -0.2) is 36.1 Å². The van der Waals surface area contributed by atoms with Crippen LogP contribution in [-0.2, 0) is 13.6 Å². The summed E-state index contributed by atoms with van der Waals surface area (Å²) < 4.78 is 2.08. The van der Waals surface area contributed by atoms with Crippen molar-refractivity contribution in [3.63, 3.8) is 0 Å². The molecule has 0 aromatic carbocycles. The Bertz CT molecular complexity index is 604. The van der Waals surface area contributed by atoms with Gasteiger partial charge in [0.15, 0.2) is 0 Å². The minimum absolute atomic E-state index is 0.138. The lowest BCUT2D eigenvalue weighted by Gasteiger charge is -2.24. The minimum Gasteiger partial charge on any atom is -0.350 e. The Morgan fingerprint density at radius 2 is 2.09 bits per heavy atom. The SMILES string of the molecule is Cc1ccc(CNC(=O)NCC(c2ccsc2)N(C)C)n1C. The number of urea groups is 1. The molecule has 0 aliphatic carbocycles. The second-order valence-corrected chi connectivity index (χ2v) is 6.40. The first-order valence-corrected chi connectivity index (χ1v) is 8.24. The number of likely N-dealkylation sites (N-methyl/N-ethyl adjacent to an activating group) is 1. The van der Waals surface area contributed by atoms with Gasteiger partial charge in [-0.2, -0.15) is 11.3 Å². The van der Waals surface area contributed by atoms with Crippen LogP contribution in [0.1, 0.15) is 23.0 Å². The van der Waals surface area contributed by atoms with Crippen molar-refractivity contribution >= 4 is 17.4 Å². The van der Waals surface area contributed by atoms with Gasteiger partial charge >= 0.3 is 6.03 Å². The second-order valence-electron chi connectivity index (χ2n) is 5.62. The molecule has 0 bridgehead atoms. The Balaban J connectivity index is 1.83. The monoisotopic (exact) mass is 320 g/mol. The lowest BCUT2D eigenvalue weighted by atomic mass is 10.1. The molecule has 2 aromatic heterocycles. The van der Waals surface area contributed by atoms with E-state index in [1.165, 1.54) is 11.3 Å². The maximum atomic E-state index is 12.0. The fraction of sp³-hybridized carbons (Fsp3) is 0.438. The van der Waals surface area contributed by atoms with Crippen molar-refractivity contribution in [2.75, 3.05) is 20.6 Å². The standard InChI is InChI=1S/C16H24N4OS/c1-12-5-6-14(20(12)4)9-17-16(21)18-10-15(19(2)3)13-7-8-22-11-13/h5-8,11,15H,9-10H2,1-4H3,(H2,17,18,21). The van der Waals surface area contributed by atoms with Gasteiger partial charge in [0.25, 0.3) is 0 Å². The number of carbonyl (C=O) groups excluding carboxylic acids is 1. The number of carbonyl (C=O) groups is 1. The summed E-state index contributed by atoms with van der Waals surface area (Å²) in [5, 5.41) is 10.0. The van der Waals surface area contributed by atoms with E-state index in [2.05, 4.69) is 36.9 Å². The van der Waals surface area contributed by atoms with Gasteiger partial charge in [-0.1, -0.05) is 0 Å². The lowest BCUT2D eigenvalue weighted by molar-refractivity contribution is 0.232. The van der Waals surface area contributed by atoms with E-state index < -0.39 is 0 Å². The van der Waals surface area contributed by atoms with Crippen molar-refractivity contribution in [1.82, 2.24) is 20.1 Å². The van der Waals surface area contributed by atoms with E-state index in [1.54, 1.807) is 11.3 Å².